The van der Waals surface area contributed by atoms with Crippen LogP contribution >= 0.6 is 0 Å². The quantitative estimate of drug-likeness (QED) is 0.937. The molecule has 0 bridgehead atoms. The lowest BCUT2D eigenvalue weighted by Gasteiger charge is -2.37. The monoisotopic (exact) mass is 323 g/mol. The second-order valence-corrected chi connectivity index (χ2v) is 6.08. The molecule has 0 heterocycles. The van der Waals surface area contributed by atoms with Crippen molar-refractivity contribution < 1.29 is 14.3 Å². The van der Waals surface area contributed by atoms with Gasteiger partial charge in [-0.3, -0.25) is 9.59 Å². The molecule has 0 aliphatic heterocycles. The van der Waals surface area contributed by atoms with Crippen molar-refractivity contribution in [3.63, 3.8) is 0 Å². The number of benzene rings is 2. The smallest absolute Gasteiger partial charge is 0.252 e. The van der Waals surface area contributed by atoms with Crippen molar-refractivity contribution >= 4 is 11.7 Å². The summed E-state index contributed by atoms with van der Waals surface area (Å²) in [7, 11) is 1.58. The van der Waals surface area contributed by atoms with E-state index >= 15 is 0 Å². The SMILES string of the molecule is COc1ccc(C(=O)NC2(c3ccccc3)CCCCC2=O)cc1. The number of Topliss-reactive ketones (excluding diaryl/α,β-unsaturated/α-hetero) is 1. The molecule has 0 aromatic heterocycles. The number of methoxy groups -OCH3 is 1. The Morgan fingerprint density at radius 2 is 1.75 bits per heavy atom. The van der Waals surface area contributed by atoms with Gasteiger partial charge in [-0.05, 0) is 49.1 Å². The lowest BCUT2D eigenvalue weighted by molar-refractivity contribution is -0.127. The molecule has 2 aromatic carbocycles. The molecule has 1 unspecified atom stereocenters. The van der Waals surface area contributed by atoms with Gasteiger partial charge >= 0.3 is 0 Å². The molecule has 124 valence electrons. The molecule has 1 aliphatic carbocycles. The maximum atomic E-state index is 12.7. The van der Waals surface area contributed by atoms with E-state index in [-0.39, 0.29) is 11.7 Å². The normalized spacial score (nSPS) is 20.5. The van der Waals surface area contributed by atoms with Crippen LogP contribution in [0.5, 0.6) is 5.75 Å². The minimum absolute atomic E-state index is 0.0850. The molecule has 4 heteroatoms. The molecule has 3 rings (SSSR count). The third-order valence-corrected chi connectivity index (χ3v) is 4.63. The Morgan fingerprint density at radius 3 is 2.38 bits per heavy atom. The molecule has 1 N–H and O–H groups in total. The number of hydrogen-bond donors (Lipinski definition) is 1. The average molecular weight is 323 g/mol. The first kappa shape index (κ1) is 16.2. The van der Waals surface area contributed by atoms with Crippen molar-refractivity contribution in [3.05, 3.63) is 65.7 Å². The second kappa shape index (κ2) is 6.87. The molecule has 1 atom stereocenters. The third-order valence-electron chi connectivity index (χ3n) is 4.63. The first-order chi connectivity index (χ1) is 11.7. The summed E-state index contributed by atoms with van der Waals surface area (Å²) in [6, 6.07) is 16.4. The highest BCUT2D eigenvalue weighted by molar-refractivity contribution is 6.00. The first-order valence-electron chi connectivity index (χ1n) is 8.21. The van der Waals surface area contributed by atoms with Gasteiger partial charge in [0.05, 0.1) is 7.11 Å². The predicted molar refractivity (Wildman–Crippen MR) is 92.1 cm³/mol. The van der Waals surface area contributed by atoms with Crippen molar-refractivity contribution in [2.24, 2.45) is 0 Å². The van der Waals surface area contributed by atoms with Crippen LogP contribution in [-0.4, -0.2) is 18.8 Å². The number of rotatable bonds is 4. The molecule has 0 radical (unpaired) electrons. The third kappa shape index (κ3) is 3.04. The zero-order chi connectivity index (χ0) is 17.0. The molecule has 1 aliphatic rings. The Hall–Kier alpha value is -2.62. The molecule has 1 amide bonds. The van der Waals surface area contributed by atoms with Crippen LogP contribution in [0.15, 0.2) is 54.6 Å². The lowest BCUT2D eigenvalue weighted by Crippen LogP contribution is -2.53. The second-order valence-electron chi connectivity index (χ2n) is 6.08. The summed E-state index contributed by atoms with van der Waals surface area (Å²) in [6.45, 7) is 0. The van der Waals surface area contributed by atoms with Gasteiger partial charge in [-0.25, -0.2) is 0 Å². The van der Waals surface area contributed by atoms with Crippen molar-refractivity contribution in [2.45, 2.75) is 31.2 Å². The molecule has 24 heavy (non-hydrogen) atoms. The van der Waals surface area contributed by atoms with E-state index in [2.05, 4.69) is 5.32 Å². The lowest BCUT2D eigenvalue weighted by atomic mass is 9.75. The largest absolute Gasteiger partial charge is 0.497 e. The molecule has 1 saturated carbocycles. The number of ether oxygens (including phenoxy) is 1. The molecule has 4 nitrogen and oxygen atoms in total. The van der Waals surface area contributed by atoms with Gasteiger partial charge in [0.25, 0.3) is 5.91 Å². The van der Waals surface area contributed by atoms with Gasteiger partial charge < -0.3 is 10.1 Å². The van der Waals surface area contributed by atoms with Gasteiger partial charge in [0.2, 0.25) is 0 Å². The highest BCUT2D eigenvalue weighted by Gasteiger charge is 2.42. The highest BCUT2D eigenvalue weighted by atomic mass is 16.5. The fraction of sp³-hybridized carbons (Fsp3) is 0.300. The number of ketones is 1. The molecule has 0 spiro atoms. The van der Waals surface area contributed by atoms with E-state index in [1.54, 1.807) is 31.4 Å². The van der Waals surface area contributed by atoms with Crippen LogP contribution in [-0.2, 0) is 10.3 Å². The molecular formula is C20H21NO3. The van der Waals surface area contributed by atoms with Gasteiger partial charge in [-0.1, -0.05) is 30.3 Å². The standard InChI is InChI=1S/C20H21NO3/c1-24-17-12-10-15(11-13-17)19(23)21-20(14-6-5-9-18(20)22)16-7-3-2-4-8-16/h2-4,7-8,10-13H,5-6,9,14H2,1H3,(H,21,23). The summed E-state index contributed by atoms with van der Waals surface area (Å²) in [5, 5.41) is 3.02. The zero-order valence-electron chi connectivity index (χ0n) is 13.7. The number of amides is 1. The number of hydrogen-bond acceptors (Lipinski definition) is 3. The van der Waals surface area contributed by atoms with E-state index in [4.69, 9.17) is 4.74 Å². The molecule has 2 aromatic rings. The van der Waals surface area contributed by atoms with Crippen LogP contribution in [0, 0.1) is 0 Å². The highest BCUT2D eigenvalue weighted by Crippen LogP contribution is 2.34. The van der Waals surface area contributed by atoms with Gasteiger partial charge in [0.1, 0.15) is 11.3 Å². The maximum Gasteiger partial charge on any atom is 0.252 e. The summed E-state index contributed by atoms with van der Waals surface area (Å²) in [5.41, 5.74) is 0.456. The van der Waals surface area contributed by atoms with Gasteiger partial charge in [-0.2, -0.15) is 0 Å². The van der Waals surface area contributed by atoms with Crippen LogP contribution in [0.3, 0.4) is 0 Å². The number of nitrogens with one attached hydrogen (secondary N) is 1. The van der Waals surface area contributed by atoms with Gasteiger partial charge in [0.15, 0.2) is 5.78 Å². The summed E-state index contributed by atoms with van der Waals surface area (Å²) < 4.78 is 5.12. The van der Waals surface area contributed by atoms with E-state index < -0.39 is 5.54 Å². The van der Waals surface area contributed by atoms with Crippen molar-refractivity contribution in [2.75, 3.05) is 7.11 Å². The molecule has 1 fully saturated rings. The van der Waals surface area contributed by atoms with Crippen LogP contribution in [0.1, 0.15) is 41.6 Å². The van der Waals surface area contributed by atoms with E-state index in [0.29, 0.717) is 24.2 Å². The Kier molecular flexibility index (Phi) is 4.65. The van der Waals surface area contributed by atoms with Crippen LogP contribution in [0.4, 0.5) is 0 Å². The minimum atomic E-state index is -0.920. The Labute approximate surface area is 141 Å². The first-order valence-corrected chi connectivity index (χ1v) is 8.21. The van der Waals surface area contributed by atoms with E-state index in [9.17, 15) is 9.59 Å². The van der Waals surface area contributed by atoms with E-state index in [0.717, 1.165) is 18.4 Å². The van der Waals surface area contributed by atoms with Crippen LogP contribution in [0.25, 0.3) is 0 Å². The summed E-state index contributed by atoms with van der Waals surface area (Å²) in [4.78, 5) is 25.5. The Morgan fingerprint density at radius 1 is 1.04 bits per heavy atom. The summed E-state index contributed by atoms with van der Waals surface area (Å²) in [5.74, 6) is 0.539. The van der Waals surface area contributed by atoms with Crippen molar-refractivity contribution in [1.29, 1.82) is 0 Å². The topological polar surface area (TPSA) is 55.4 Å². The number of carbonyl (C=O) groups is 2. The minimum Gasteiger partial charge on any atom is -0.497 e. The van der Waals surface area contributed by atoms with Gasteiger partial charge in [0, 0.05) is 12.0 Å². The van der Waals surface area contributed by atoms with E-state index in [1.807, 2.05) is 30.3 Å². The number of carbonyl (C=O) groups excluding carboxylic acids is 2. The van der Waals surface area contributed by atoms with Crippen molar-refractivity contribution in [1.82, 2.24) is 5.32 Å². The fourth-order valence-corrected chi connectivity index (χ4v) is 3.27. The molecule has 0 saturated heterocycles. The van der Waals surface area contributed by atoms with Gasteiger partial charge in [-0.15, -0.1) is 0 Å². The zero-order valence-corrected chi connectivity index (χ0v) is 13.7. The molecular weight excluding hydrogens is 302 g/mol. The predicted octanol–water partition coefficient (Wildman–Crippen LogP) is 3.46. The van der Waals surface area contributed by atoms with Crippen molar-refractivity contribution in [3.8, 4) is 5.75 Å². The Bertz CT molecular complexity index is 724. The summed E-state index contributed by atoms with van der Waals surface area (Å²) >= 11 is 0. The average Bonchev–Trinajstić information content (AvgIpc) is 2.64. The van der Waals surface area contributed by atoms with Crippen LogP contribution in [0.2, 0.25) is 0 Å². The Balaban J connectivity index is 1.92. The van der Waals surface area contributed by atoms with E-state index in [1.165, 1.54) is 0 Å². The maximum absolute atomic E-state index is 12.7. The van der Waals surface area contributed by atoms with Crippen LogP contribution < -0.4 is 10.1 Å². The summed E-state index contributed by atoms with van der Waals surface area (Å²) in [6.07, 6.45) is 2.94. The fourth-order valence-electron chi connectivity index (χ4n) is 3.27.